The van der Waals surface area contributed by atoms with Crippen LogP contribution in [0.25, 0.3) is 0 Å². The van der Waals surface area contributed by atoms with Crippen molar-refractivity contribution >= 4 is 5.91 Å². The third-order valence-electron chi connectivity index (χ3n) is 3.91. The van der Waals surface area contributed by atoms with Crippen LogP contribution < -0.4 is 11.1 Å². The number of rotatable bonds is 7. The van der Waals surface area contributed by atoms with Gasteiger partial charge in [-0.1, -0.05) is 25.1 Å². The van der Waals surface area contributed by atoms with Crippen LogP contribution in [-0.2, 0) is 4.79 Å². The summed E-state index contributed by atoms with van der Waals surface area (Å²) in [6.07, 6.45) is 2.83. The zero-order valence-corrected chi connectivity index (χ0v) is 12.7. The van der Waals surface area contributed by atoms with E-state index >= 15 is 0 Å². The zero-order chi connectivity index (χ0) is 15.4. The van der Waals surface area contributed by atoms with Crippen LogP contribution in [0.15, 0.2) is 24.3 Å². The van der Waals surface area contributed by atoms with E-state index in [0.717, 1.165) is 12.8 Å². The largest absolute Gasteiger partial charge is 0.352 e. The Morgan fingerprint density at radius 3 is 2.71 bits per heavy atom. The summed E-state index contributed by atoms with van der Waals surface area (Å²) >= 11 is 0. The summed E-state index contributed by atoms with van der Waals surface area (Å²) in [6, 6.07) is 6.44. The summed E-state index contributed by atoms with van der Waals surface area (Å²) < 4.78 is 14.1. The number of carbonyl (C=O) groups is 1. The van der Waals surface area contributed by atoms with E-state index in [2.05, 4.69) is 5.32 Å². The molecule has 1 aliphatic rings. The Hall–Kier alpha value is -1.46. The van der Waals surface area contributed by atoms with Gasteiger partial charge in [0.15, 0.2) is 0 Å². The molecule has 1 saturated carbocycles. The fourth-order valence-corrected chi connectivity index (χ4v) is 2.56. The Balaban J connectivity index is 2.11. The van der Waals surface area contributed by atoms with Gasteiger partial charge in [0.1, 0.15) is 5.82 Å². The van der Waals surface area contributed by atoms with Gasteiger partial charge in [-0.25, -0.2) is 4.39 Å². The lowest BCUT2D eigenvalue weighted by Crippen LogP contribution is -2.44. The van der Waals surface area contributed by atoms with E-state index in [4.69, 9.17) is 5.73 Å². The van der Waals surface area contributed by atoms with Crippen molar-refractivity contribution in [2.24, 2.45) is 5.73 Å². The third-order valence-corrected chi connectivity index (χ3v) is 3.91. The summed E-state index contributed by atoms with van der Waals surface area (Å²) in [5, 5.41) is 2.95. The molecule has 0 saturated heterocycles. The van der Waals surface area contributed by atoms with Crippen LogP contribution in [-0.4, -0.2) is 36.5 Å². The van der Waals surface area contributed by atoms with Crippen molar-refractivity contribution in [3.05, 3.63) is 35.6 Å². The summed E-state index contributed by atoms with van der Waals surface area (Å²) in [5.41, 5.74) is 6.72. The Kier molecular flexibility index (Phi) is 5.31. The minimum Gasteiger partial charge on any atom is -0.352 e. The van der Waals surface area contributed by atoms with Gasteiger partial charge in [-0.05, 0) is 32.4 Å². The molecule has 1 amide bonds. The lowest BCUT2D eigenvalue weighted by atomic mass is 9.96. The number of nitrogens with zero attached hydrogens (tertiary/aromatic N) is 1. The van der Waals surface area contributed by atoms with E-state index in [1.807, 2.05) is 18.9 Å². The predicted octanol–water partition coefficient (Wildman–Crippen LogP) is 1.81. The standard InChI is InChI=1S/C16H24FN3O/c1-3-14(18)16(12-6-4-5-7-13(12)17)20(2)10-15(21)19-11-8-9-11/h4-7,11,14,16H,3,8-10,18H2,1-2H3,(H,19,21). The summed E-state index contributed by atoms with van der Waals surface area (Å²) in [7, 11) is 1.82. The van der Waals surface area contributed by atoms with Gasteiger partial charge in [-0.15, -0.1) is 0 Å². The number of nitrogens with two attached hydrogens (primary N) is 1. The number of halogens is 1. The fraction of sp³-hybridized carbons (Fsp3) is 0.562. The van der Waals surface area contributed by atoms with E-state index in [9.17, 15) is 9.18 Å². The second kappa shape index (κ2) is 7.00. The van der Waals surface area contributed by atoms with Crippen LogP contribution in [0.5, 0.6) is 0 Å². The second-order valence-corrected chi connectivity index (χ2v) is 5.80. The molecular formula is C16H24FN3O. The molecule has 0 spiro atoms. The average Bonchev–Trinajstić information content (AvgIpc) is 3.24. The first-order chi connectivity index (χ1) is 10.0. The molecule has 1 fully saturated rings. The Morgan fingerprint density at radius 2 is 2.14 bits per heavy atom. The van der Waals surface area contributed by atoms with Crippen LogP contribution in [0.1, 0.15) is 37.8 Å². The third kappa shape index (κ3) is 4.25. The lowest BCUT2D eigenvalue weighted by Gasteiger charge is -2.32. The number of amides is 1. The van der Waals surface area contributed by atoms with Crippen molar-refractivity contribution in [2.45, 2.75) is 44.3 Å². The maximum Gasteiger partial charge on any atom is 0.234 e. The van der Waals surface area contributed by atoms with Gasteiger partial charge in [0.25, 0.3) is 0 Å². The molecule has 3 N–H and O–H groups in total. The highest BCUT2D eigenvalue weighted by Gasteiger charge is 2.29. The molecule has 2 atom stereocenters. The van der Waals surface area contributed by atoms with E-state index in [1.54, 1.807) is 18.2 Å². The molecule has 5 heteroatoms. The molecule has 1 aromatic rings. The van der Waals surface area contributed by atoms with Crippen LogP contribution in [0.3, 0.4) is 0 Å². The maximum absolute atomic E-state index is 14.1. The number of hydrogen-bond donors (Lipinski definition) is 2. The van der Waals surface area contributed by atoms with Crippen molar-refractivity contribution < 1.29 is 9.18 Å². The van der Waals surface area contributed by atoms with E-state index in [1.165, 1.54) is 6.07 Å². The topological polar surface area (TPSA) is 58.4 Å². The summed E-state index contributed by atoms with van der Waals surface area (Å²) in [6.45, 7) is 2.19. The molecule has 116 valence electrons. The summed E-state index contributed by atoms with van der Waals surface area (Å²) in [5.74, 6) is -0.300. The van der Waals surface area contributed by atoms with Gasteiger partial charge in [0.2, 0.25) is 5.91 Å². The molecule has 4 nitrogen and oxygen atoms in total. The van der Waals surface area contributed by atoms with E-state index in [0.29, 0.717) is 18.0 Å². The van der Waals surface area contributed by atoms with Gasteiger partial charge in [0.05, 0.1) is 12.6 Å². The van der Waals surface area contributed by atoms with Crippen molar-refractivity contribution in [1.29, 1.82) is 0 Å². The molecule has 2 rings (SSSR count). The molecule has 1 aromatic carbocycles. The van der Waals surface area contributed by atoms with E-state index in [-0.39, 0.29) is 30.4 Å². The van der Waals surface area contributed by atoms with Crippen LogP contribution in [0, 0.1) is 5.82 Å². The quantitative estimate of drug-likeness (QED) is 0.806. The predicted molar refractivity (Wildman–Crippen MR) is 81.2 cm³/mol. The normalized spacial score (nSPS) is 17.6. The minimum absolute atomic E-state index is 0.0235. The number of likely N-dealkylation sites (N-methyl/N-ethyl adjacent to an activating group) is 1. The van der Waals surface area contributed by atoms with E-state index < -0.39 is 0 Å². The Bertz CT molecular complexity index is 490. The van der Waals surface area contributed by atoms with Crippen molar-refractivity contribution in [3.8, 4) is 0 Å². The second-order valence-electron chi connectivity index (χ2n) is 5.80. The molecule has 2 unspecified atom stereocenters. The molecule has 0 aromatic heterocycles. The van der Waals surface area contributed by atoms with Crippen molar-refractivity contribution in [2.75, 3.05) is 13.6 Å². The highest BCUT2D eigenvalue weighted by molar-refractivity contribution is 5.78. The van der Waals surface area contributed by atoms with Crippen LogP contribution in [0.2, 0.25) is 0 Å². The van der Waals surface area contributed by atoms with Gasteiger partial charge in [-0.3, -0.25) is 9.69 Å². The SMILES string of the molecule is CCC(N)C(c1ccccc1F)N(C)CC(=O)NC1CC1. The first-order valence-electron chi connectivity index (χ1n) is 7.52. The zero-order valence-electron chi connectivity index (χ0n) is 12.7. The van der Waals surface area contributed by atoms with Gasteiger partial charge in [-0.2, -0.15) is 0 Å². The molecule has 0 heterocycles. The van der Waals surface area contributed by atoms with Gasteiger partial charge >= 0.3 is 0 Å². The van der Waals surface area contributed by atoms with Gasteiger partial charge < -0.3 is 11.1 Å². The molecule has 0 aliphatic heterocycles. The van der Waals surface area contributed by atoms with Crippen LogP contribution in [0.4, 0.5) is 4.39 Å². The Labute approximate surface area is 125 Å². The smallest absolute Gasteiger partial charge is 0.234 e. The lowest BCUT2D eigenvalue weighted by molar-refractivity contribution is -0.122. The maximum atomic E-state index is 14.1. The first-order valence-corrected chi connectivity index (χ1v) is 7.52. The van der Waals surface area contributed by atoms with Crippen molar-refractivity contribution in [1.82, 2.24) is 10.2 Å². The minimum atomic E-state index is -0.304. The molecule has 0 bridgehead atoms. The highest BCUT2D eigenvalue weighted by atomic mass is 19.1. The number of hydrogen-bond acceptors (Lipinski definition) is 3. The highest BCUT2D eigenvalue weighted by Crippen LogP contribution is 2.26. The number of benzene rings is 1. The Morgan fingerprint density at radius 1 is 1.48 bits per heavy atom. The molecule has 0 radical (unpaired) electrons. The molecule has 1 aliphatic carbocycles. The average molecular weight is 293 g/mol. The number of carbonyl (C=O) groups excluding carboxylic acids is 1. The first kappa shape index (κ1) is 15.9. The summed E-state index contributed by atoms with van der Waals surface area (Å²) in [4.78, 5) is 13.8. The fourth-order valence-electron chi connectivity index (χ4n) is 2.56. The monoisotopic (exact) mass is 293 g/mol. The van der Waals surface area contributed by atoms with Gasteiger partial charge in [0, 0.05) is 17.6 Å². The van der Waals surface area contributed by atoms with Crippen LogP contribution >= 0.6 is 0 Å². The molecule has 21 heavy (non-hydrogen) atoms. The van der Waals surface area contributed by atoms with Crippen molar-refractivity contribution in [3.63, 3.8) is 0 Å². The number of nitrogens with one attached hydrogen (secondary N) is 1. The molecular weight excluding hydrogens is 269 g/mol.